The summed E-state index contributed by atoms with van der Waals surface area (Å²) in [4.78, 5) is 22.1. The van der Waals surface area contributed by atoms with Crippen LogP contribution in [0.5, 0.6) is 5.75 Å². The maximum atomic E-state index is 12.4. The van der Waals surface area contributed by atoms with Gasteiger partial charge in [0.15, 0.2) is 0 Å². The van der Waals surface area contributed by atoms with E-state index in [0.717, 1.165) is 28.2 Å². The number of hydrogen-bond acceptors (Lipinski definition) is 4. The van der Waals surface area contributed by atoms with Gasteiger partial charge in [-0.3, -0.25) is 4.79 Å². The van der Waals surface area contributed by atoms with Crippen LogP contribution in [0, 0.1) is 0 Å². The summed E-state index contributed by atoms with van der Waals surface area (Å²) in [7, 11) is 1.65. The van der Waals surface area contributed by atoms with Gasteiger partial charge in [-0.2, -0.15) is 0 Å². The van der Waals surface area contributed by atoms with E-state index in [9.17, 15) is 4.79 Å². The molecule has 0 spiro atoms. The first-order valence-electron chi connectivity index (χ1n) is 7.73. The molecule has 0 saturated carbocycles. The topological polar surface area (TPSA) is 58.2 Å². The smallest absolute Gasteiger partial charge is 0.234 e. The van der Waals surface area contributed by atoms with Gasteiger partial charge in [0.05, 0.1) is 30.4 Å². The predicted octanol–water partition coefficient (Wildman–Crippen LogP) is 3.35. The Morgan fingerprint density at radius 1 is 1.29 bits per heavy atom. The molecule has 122 valence electrons. The molecule has 5 nitrogen and oxygen atoms in total. The van der Waals surface area contributed by atoms with Crippen molar-refractivity contribution in [2.45, 2.75) is 11.9 Å². The van der Waals surface area contributed by atoms with Crippen molar-refractivity contribution in [3.8, 4) is 5.75 Å². The maximum Gasteiger partial charge on any atom is 0.234 e. The van der Waals surface area contributed by atoms with Crippen LogP contribution in [-0.4, -0.2) is 33.6 Å². The van der Waals surface area contributed by atoms with Crippen molar-refractivity contribution in [2.75, 3.05) is 12.9 Å². The third-order valence-corrected chi connectivity index (χ3v) is 5.36. The number of rotatable bonds is 4. The number of H-pyrrole nitrogens is 1. The Hall–Kier alpha value is -2.47. The van der Waals surface area contributed by atoms with Crippen molar-refractivity contribution in [2.24, 2.45) is 0 Å². The summed E-state index contributed by atoms with van der Waals surface area (Å²) in [5, 5.41) is -0.0131. The standard InChI is InChI=1S/C18H17N3O2S/c1-23-13-6-4-5-12(9-13)18-21(17(22)11-24-18)10-16-19-14-7-2-3-8-15(14)20-16/h2-9,18H,10-11H2,1H3,(H,19,20). The molecular weight excluding hydrogens is 322 g/mol. The molecule has 1 saturated heterocycles. The first kappa shape index (κ1) is 15.1. The quantitative estimate of drug-likeness (QED) is 0.792. The third-order valence-electron chi connectivity index (χ3n) is 4.11. The summed E-state index contributed by atoms with van der Waals surface area (Å²) in [5.74, 6) is 2.23. The number of carbonyl (C=O) groups excluding carboxylic acids is 1. The maximum absolute atomic E-state index is 12.4. The van der Waals surface area contributed by atoms with Crippen LogP contribution in [0.3, 0.4) is 0 Å². The van der Waals surface area contributed by atoms with Gasteiger partial charge in [-0.25, -0.2) is 4.98 Å². The Morgan fingerprint density at radius 3 is 3.00 bits per heavy atom. The van der Waals surface area contributed by atoms with Crippen molar-refractivity contribution in [3.63, 3.8) is 0 Å². The van der Waals surface area contributed by atoms with E-state index in [2.05, 4.69) is 9.97 Å². The Labute approximate surface area is 144 Å². The number of methoxy groups -OCH3 is 1. The second-order valence-electron chi connectivity index (χ2n) is 5.66. The van der Waals surface area contributed by atoms with E-state index >= 15 is 0 Å². The fraction of sp³-hybridized carbons (Fsp3) is 0.222. The summed E-state index contributed by atoms with van der Waals surface area (Å²) < 4.78 is 5.30. The molecular formula is C18H17N3O2S. The molecule has 6 heteroatoms. The zero-order chi connectivity index (χ0) is 16.5. The highest BCUT2D eigenvalue weighted by Gasteiger charge is 2.33. The number of thioether (sulfide) groups is 1. The van der Waals surface area contributed by atoms with Crippen LogP contribution in [0.4, 0.5) is 0 Å². The van der Waals surface area contributed by atoms with E-state index in [1.165, 1.54) is 0 Å². The average molecular weight is 339 g/mol. The molecule has 1 amide bonds. The highest BCUT2D eigenvalue weighted by Crippen LogP contribution is 2.40. The van der Waals surface area contributed by atoms with Crippen molar-refractivity contribution in [3.05, 3.63) is 59.9 Å². The zero-order valence-corrected chi connectivity index (χ0v) is 14.0. The minimum Gasteiger partial charge on any atom is -0.497 e. The van der Waals surface area contributed by atoms with Crippen LogP contribution in [0.15, 0.2) is 48.5 Å². The minimum atomic E-state index is -0.0131. The number of para-hydroxylation sites is 2. The molecule has 1 unspecified atom stereocenters. The molecule has 1 aliphatic rings. The van der Waals surface area contributed by atoms with Crippen molar-refractivity contribution >= 4 is 28.7 Å². The fourth-order valence-corrected chi connectivity index (χ4v) is 4.12. The van der Waals surface area contributed by atoms with E-state index in [0.29, 0.717) is 12.3 Å². The van der Waals surface area contributed by atoms with Crippen LogP contribution in [0.25, 0.3) is 11.0 Å². The molecule has 2 aromatic carbocycles. The summed E-state index contributed by atoms with van der Waals surface area (Å²) in [6.07, 6.45) is 0. The molecule has 1 N–H and O–H groups in total. The second-order valence-corrected chi connectivity index (χ2v) is 6.73. The lowest BCUT2D eigenvalue weighted by Gasteiger charge is -2.23. The average Bonchev–Trinajstić information content (AvgIpc) is 3.19. The van der Waals surface area contributed by atoms with Crippen LogP contribution in [0.2, 0.25) is 0 Å². The lowest BCUT2D eigenvalue weighted by atomic mass is 10.2. The van der Waals surface area contributed by atoms with Gasteiger partial charge < -0.3 is 14.6 Å². The third kappa shape index (κ3) is 2.73. The minimum absolute atomic E-state index is 0.0131. The van der Waals surface area contributed by atoms with Gasteiger partial charge in [0, 0.05) is 0 Å². The van der Waals surface area contributed by atoms with Crippen LogP contribution >= 0.6 is 11.8 Å². The van der Waals surface area contributed by atoms with Crippen LogP contribution < -0.4 is 4.74 Å². The lowest BCUT2D eigenvalue weighted by Crippen LogP contribution is -2.28. The number of nitrogens with one attached hydrogen (secondary N) is 1. The molecule has 0 aliphatic carbocycles. The summed E-state index contributed by atoms with van der Waals surface area (Å²) in [5.41, 5.74) is 2.98. The molecule has 2 heterocycles. The molecule has 3 aromatic rings. The van der Waals surface area contributed by atoms with Crippen LogP contribution in [-0.2, 0) is 11.3 Å². The summed E-state index contributed by atoms with van der Waals surface area (Å²) >= 11 is 1.64. The molecule has 1 aromatic heterocycles. The van der Waals surface area contributed by atoms with Crippen LogP contribution in [0.1, 0.15) is 16.8 Å². The molecule has 24 heavy (non-hydrogen) atoms. The first-order valence-corrected chi connectivity index (χ1v) is 8.78. The molecule has 1 aliphatic heterocycles. The summed E-state index contributed by atoms with van der Waals surface area (Å²) in [6.45, 7) is 0.475. The number of nitrogens with zero attached hydrogens (tertiary/aromatic N) is 2. The van der Waals surface area contributed by atoms with Gasteiger partial charge in [0.25, 0.3) is 0 Å². The molecule has 1 atom stereocenters. The predicted molar refractivity (Wildman–Crippen MR) is 94.8 cm³/mol. The number of imidazole rings is 1. The van der Waals surface area contributed by atoms with E-state index in [4.69, 9.17) is 4.74 Å². The van der Waals surface area contributed by atoms with Gasteiger partial charge in [0.1, 0.15) is 16.9 Å². The molecule has 1 fully saturated rings. The number of hydrogen-bond donors (Lipinski definition) is 1. The Bertz CT molecular complexity index is 860. The Kier molecular flexibility index (Phi) is 3.90. The van der Waals surface area contributed by atoms with E-state index < -0.39 is 0 Å². The number of amides is 1. The normalized spacial score (nSPS) is 17.6. The molecule has 4 rings (SSSR count). The van der Waals surface area contributed by atoms with E-state index in [-0.39, 0.29) is 11.3 Å². The number of carbonyl (C=O) groups is 1. The molecule has 0 radical (unpaired) electrons. The number of benzene rings is 2. The van der Waals surface area contributed by atoms with Gasteiger partial charge in [-0.05, 0) is 29.8 Å². The number of fused-ring (bicyclic) bond motifs is 1. The van der Waals surface area contributed by atoms with E-state index in [1.807, 2.05) is 53.4 Å². The molecule has 0 bridgehead atoms. The number of aromatic nitrogens is 2. The number of aromatic amines is 1. The zero-order valence-electron chi connectivity index (χ0n) is 13.2. The Balaban J connectivity index is 1.62. The van der Waals surface area contributed by atoms with Gasteiger partial charge in [-0.1, -0.05) is 24.3 Å². The Morgan fingerprint density at radius 2 is 2.17 bits per heavy atom. The highest BCUT2D eigenvalue weighted by atomic mass is 32.2. The van der Waals surface area contributed by atoms with E-state index in [1.54, 1.807) is 18.9 Å². The summed E-state index contributed by atoms with van der Waals surface area (Å²) in [6, 6.07) is 15.8. The number of ether oxygens (including phenoxy) is 1. The van der Waals surface area contributed by atoms with Gasteiger partial charge in [0.2, 0.25) is 5.91 Å². The SMILES string of the molecule is COc1cccc(C2SCC(=O)N2Cc2nc3ccccc3[nH]2)c1. The first-order chi connectivity index (χ1) is 11.7. The second kappa shape index (κ2) is 6.20. The van der Waals surface area contributed by atoms with Gasteiger partial charge in [-0.15, -0.1) is 11.8 Å². The fourth-order valence-electron chi connectivity index (χ4n) is 2.94. The largest absolute Gasteiger partial charge is 0.497 e. The lowest BCUT2D eigenvalue weighted by molar-refractivity contribution is -0.128. The monoisotopic (exact) mass is 339 g/mol. The van der Waals surface area contributed by atoms with Crippen molar-refractivity contribution < 1.29 is 9.53 Å². The van der Waals surface area contributed by atoms with Crippen molar-refractivity contribution in [1.82, 2.24) is 14.9 Å². The van der Waals surface area contributed by atoms with Gasteiger partial charge >= 0.3 is 0 Å². The highest BCUT2D eigenvalue weighted by molar-refractivity contribution is 8.00. The van der Waals surface area contributed by atoms with Crippen molar-refractivity contribution in [1.29, 1.82) is 0 Å².